The molecule has 1 aromatic heterocycles. The minimum atomic E-state index is -0.107. The first-order valence-corrected chi connectivity index (χ1v) is 11.0. The molecule has 2 unspecified atom stereocenters. The number of para-hydroxylation sites is 2. The lowest BCUT2D eigenvalue weighted by Gasteiger charge is -2.34. The molecule has 1 N–H and O–H groups in total. The van der Waals surface area contributed by atoms with Crippen molar-refractivity contribution in [2.45, 2.75) is 38.3 Å². The molecule has 1 aliphatic heterocycles. The summed E-state index contributed by atoms with van der Waals surface area (Å²) in [7, 11) is 1.66. The van der Waals surface area contributed by atoms with Crippen LogP contribution in [0.5, 0.6) is 5.75 Å². The molecule has 152 valence electrons. The van der Waals surface area contributed by atoms with E-state index in [4.69, 9.17) is 9.72 Å². The first-order chi connectivity index (χ1) is 14.2. The van der Waals surface area contributed by atoms with Crippen molar-refractivity contribution in [3.05, 3.63) is 59.1 Å². The monoisotopic (exact) mass is 409 g/mol. The molecule has 29 heavy (non-hydrogen) atoms. The average Bonchev–Trinajstić information content (AvgIpc) is 3.18. The molecule has 1 amide bonds. The lowest BCUT2D eigenvalue weighted by Crippen LogP contribution is -2.42. The Morgan fingerprint density at radius 2 is 2.03 bits per heavy atom. The van der Waals surface area contributed by atoms with Gasteiger partial charge in [-0.15, -0.1) is 11.3 Å². The zero-order chi connectivity index (χ0) is 20.2. The second-order valence-corrected chi connectivity index (χ2v) is 8.60. The zero-order valence-corrected chi connectivity index (χ0v) is 17.7. The van der Waals surface area contributed by atoms with Gasteiger partial charge in [-0.25, -0.2) is 4.98 Å². The van der Waals surface area contributed by atoms with E-state index in [-0.39, 0.29) is 18.0 Å². The highest BCUT2D eigenvalue weighted by Gasteiger charge is 2.28. The zero-order valence-electron chi connectivity index (χ0n) is 16.9. The van der Waals surface area contributed by atoms with Crippen LogP contribution in [-0.2, 0) is 4.79 Å². The molecule has 3 aromatic rings. The van der Waals surface area contributed by atoms with Crippen molar-refractivity contribution in [2.75, 3.05) is 20.2 Å². The number of likely N-dealkylation sites (tertiary alicyclic amines) is 1. The van der Waals surface area contributed by atoms with Gasteiger partial charge in [0.1, 0.15) is 10.8 Å². The van der Waals surface area contributed by atoms with Gasteiger partial charge in [-0.2, -0.15) is 0 Å². The number of nitrogens with one attached hydrogen (secondary N) is 1. The second kappa shape index (κ2) is 8.93. The van der Waals surface area contributed by atoms with Crippen molar-refractivity contribution in [1.29, 1.82) is 0 Å². The first kappa shape index (κ1) is 19.9. The van der Waals surface area contributed by atoms with Crippen molar-refractivity contribution < 1.29 is 9.53 Å². The van der Waals surface area contributed by atoms with Gasteiger partial charge in [0.2, 0.25) is 5.91 Å². The maximum absolute atomic E-state index is 12.8. The summed E-state index contributed by atoms with van der Waals surface area (Å²) < 4.78 is 6.64. The van der Waals surface area contributed by atoms with Gasteiger partial charge < -0.3 is 10.1 Å². The number of carbonyl (C=O) groups is 1. The number of fused-ring (bicyclic) bond motifs is 1. The third kappa shape index (κ3) is 4.43. The minimum Gasteiger partial charge on any atom is -0.496 e. The van der Waals surface area contributed by atoms with Gasteiger partial charge >= 0.3 is 0 Å². The summed E-state index contributed by atoms with van der Waals surface area (Å²) in [6.45, 7) is 3.31. The van der Waals surface area contributed by atoms with Crippen LogP contribution in [0.25, 0.3) is 10.2 Å². The second-order valence-electron chi connectivity index (χ2n) is 7.53. The normalized spacial score (nSPS) is 18.5. The van der Waals surface area contributed by atoms with Crippen LogP contribution in [0.1, 0.15) is 48.8 Å². The molecule has 1 fully saturated rings. The van der Waals surface area contributed by atoms with Gasteiger partial charge in [0.25, 0.3) is 0 Å². The number of ether oxygens (including phenoxy) is 1. The number of benzene rings is 2. The summed E-state index contributed by atoms with van der Waals surface area (Å²) in [6.07, 6.45) is 3.35. The third-order valence-corrected chi connectivity index (χ3v) is 6.68. The lowest BCUT2D eigenvalue weighted by atomic mass is 10.0. The Balaban J connectivity index is 1.45. The number of hydrogen-bond acceptors (Lipinski definition) is 5. The molecule has 0 spiro atoms. The highest BCUT2D eigenvalue weighted by atomic mass is 32.1. The Labute approximate surface area is 175 Å². The topological polar surface area (TPSA) is 54.5 Å². The highest BCUT2D eigenvalue weighted by molar-refractivity contribution is 7.18. The van der Waals surface area contributed by atoms with Crippen LogP contribution in [-0.4, -0.2) is 36.0 Å². The van der Waals surface area contributed by atoms with E-state index in [2.05, 4.69) is 28.4 Å². The fraction of sp³-hybridized carbons (Fsp3) is 0.391. The Kier molecular flexibility index (Phi) is 6.11. The lowest BCUT2D eigenvalue weighted by molar-refractivity contribution is -0.123. The smallest absolute Gasteiger partial charge is 0.234 e. The summed E-state index contributed by atoms with van der Waals surface area (Å²) in [5.74, 6) is 0.835. The molecule has 2 atom stereocenters. The molecule has 0 bridgehead atoms. The van der Waals surface area contributed by atoms with E-state index < -0.39 is 0 Å². The van der Waals surface area contributed by atoms with Crippen LogP contribution in [0.2, 0.25) is 0 Å². The molecule has 2 heterocycles. The van der Waals surface area contributed by atoms with Crippen molar-refractivity contribution in [1.82, 2.24) is 15.2 Å². The number of piperidine rings is 1. The Hall–Kier alpha value is -2.44. The predicted molar refractivity (Wildman–Crippen MR) is 117 cm³/mol. The van der Waals surface area contributed by atoms with Crippen LogP contribution < -0.4 is 10.1 Å². The van der Waals surface area contributed by atoms with Crippen molar-refractivity contribution >= 4 is 27.5 Å². The summed E-state index contributed by atoms with van der Waals surface area (Å²) in [4.78, 5) is 20.0. The van der Waals surface area contributed by atoms with E-state index in [9.17, 15) is 4.79 Å². The Morgan fingerprint density at radius 3 is 2.86 bits per heavy atom. The maximum Gasteiger partial charge on any atom is 0.234 e. The predicted octanol–water partition coefficient (Wildman–Crippen LogP) is 4.71. The molecule has 0 radical (unpaired) electrons. The van der Waals surface area contributed by atoms with Crippen LogP contribution in [0.15, 0.2) is 48.5 Å². The Morgan fingerprint density at radius 1 is 1.24 bits per heavy atom. The average molecular weight is 410 g/mol. The molecule has 0 saturated carbocycles. The standard InChI is InChI=1S/C23H27N3O2S/c1-16(17-9-3-5-12-20(17)28-2)24-22(27)15-26-14-8-7-11-19(26)23-25-18-10-4-6-13-21(18)29-23/h3-6,9-10,12-13,16,19H,7-8,11,14-15H2,1-2H3,(H,24,27). The molecule has 6 heteroatoms. The van der Waals surface area contributed by atoms with Gasteiger partial charge in [0.05, 0.1) is 36.0 Å². The van der Waals surface area contributed by atoms with E-state index in [0.717, 1.165) is 41.2 Å². The van der Waals surface area contributed by atoms with E-state index in [1.807, 2.05) is 37.3 Å². The van der Waals surface area contributed by atoms with Gasteiger partial charge in [-0.1, -0.05) is 36.8 Å². The van der Waals surface area contributed by atoms with Crippen LogP contribution in [0.4, 0.5) is 0 Å². The summed E-state index contributed by atoms with van der Waals surface area (Å²) >= 11 is 1.75. The molecule has 2 aromatic carbocycles. The van der Waals surface area contributed by atoms with Crippen LogP contribution in [0.3, 0.4) is 0 Å². The third-order valence-electron chi connectivity index (χ3n) is 5.54. The van der Waals surface area contributed by atoms with E-state index in [1.165, 1.54) is 11.1 Å². The molecular formula is C23H27N3O2S. The summed E-state index contributed by atoms with van der Waals surface area (Å²) in [6, 6.07) is 16.2. The number of amides is 1. The van der Waals surface area contributed by atoms with Gasteiger partial charge in [-0.05, 0) is 44.5 Å². The van der Waals surface area contributed by atoms with Crippen molar-refractivity contribution in [3.63, 3.8) is 0 Å². The summed E-state index contributed by atoms with van der Waals surface area (Å²) in [5.41, 5.74) is 2.04. The Bertz CT molecular complexity index is 954. The molecule has 1 aliphatic rings. The number of carbonyl (C=O) groups excluding carboxylic acids is 1. The largest absolute Gasteiger partial charge is 0.496 e. The fourth-order valence-electron chi connectivity index (χ4n) is 4.07. The van der Waals surface area contributed by atoms with Crippen LogP contribution in [0, 0.1) is 0 Å². The molecule has 5 nitrogen and oxygen atoms in total. The van der Waals surface area contributed by atoms with E-state index in [1.54, 1.807) is 18.4 Å². The van der Waals surface area contributed by atoms with Gasteiger partial charge in [0.15, 0.2) is 0 Å². The number of rotatable bonds is 6. The van der Waals surface area contributed by atoms with Gasteiger partial charge in [0, 0.05) is 5.56 Å². The number of aromatic nitrogens is 1. The minimum absolute atomic E-state index is 0.0383. The van der Waals surface area contributed by atoms with E-state index >= 15 is 0 Å². The first-order valence-electron chi connectivity index (χ1n) is 10.2. The molecular weight excluding hydrogens is 382 g/mol. The molecule has 0 aliphatic carbocycles. The quantitative estimate of drug-likeness (QED) is 0.641. The summed E-state index contributed by atoms with van der Waals surface area (Å²) in [5, 5.41) is 4.26. The van der Waals surface area contributed by atoms with E-state index in [0.29, 0.717) is 6.54 Å². The number of nitrogens with zero attached hydrogens (tertiary/aromatic N) is 2. The van der Waals surface area contributed by atoms with Gasteiger partial charge in [-0.3, -0.25) is 9.69 Å². The highest BCUT2D eigenvalue weighted by Crippen LogP contribution is 2.35. The number of thiazole rings is 1. The molecule has 4 rings (SSSR count). The molecule has 1 saturated heterocycles. The SMILES string of the molecule is COc1ccccc1C(C)NC(=O)CN1CCCCC1c1nc2ccccc2s1. The van der Waals surface area contributed by atoms with Crippen LogP contribution >= 0.6 is 11.3 Å². The number of methoxy groups -OCH3 is 1. The maximum atomic E-state index is 12.8. The van der Waals surface area contributed by atoms with Crippen molar-refractivity contribution in [3.8, 4) is 5.75 Å². The fourth-order valence-corrected chi connectivity index (χ4v) is 5.20. The number of hydrogen-bond donors (Lipinski definition) is 1. The van der Waals surface area contributed by atoms with Crippen molar-refractivity contribution in [2.24, 2.45) is 0 Å².